The van der Waals surface area contributed by atoms with E-state index in [4.69, 9.17) is 6.57 Å². The van der Waals surface area contributed by atoms with E-state index < -0.39 is 10.0 Å². The fourth-order valence-electron chi connectivity index (χ4n) is 1.20. The third-order valence-electron chi connectivity index (χ3n) is 1.84. The molecule has 15 heavy (non-hydrogen) atoms. The molecular formula is C8H6N4O2S. The van der Waals surface area contributed by atoms with Gasteiger partial charge in [0.2, 0.25) is 0 Å². The summed E-state index contributed by atoms with van der Waals surface area (Å²) in [4.78, 5) is 3.21. The van der Waals surface area contributed by atoms with Crippen LogP contribution in [0.15, 0.2) is 18.2 Å². The molecule has 0 unspecified atom stereocenters. The average molecular weight is 222 g/mol. The van der Waals surface area contributed by atoms with Crippen molar-refractivity contribution in [2.24, 2.45) is 0 Å². The van der Waals surface area contributed by atoms with Crippen LogP contribution in [0.5, 0.6) is 0 Å². The van der Waals surface area contributed by atoms with Crippen molar-refractivity contribution in [2.45, 2.75) is 0 Å². The summed E-state index contributed by atoms with van der Waals surface area (Å²) in [6.07, 6.45) is 1.03. The van der Waals surface area contributed by atoms with E-state index in [0.717, 1.165) is 10.3 Å². The Labute approximate surface area is 86.0 Å². The number of hydrogen-bond donors (Lipinski definition) is 0. The molecular weight excluding hydrogens is 216 g/mol. The molecule has 1 aromatic carbocycles. The van der Waals surface area contributed by atoms with E-state index in [2.05, 4.69) is 15.2 Å². The van der Waals surface area contributed by atoms with Crippen LogP contribution < -0.4 is 0 Å². The molecule has 1 aromatic heterocycles. The van der Waals surface area contributed by atoms with Crippen molar-refractivity contribution in [3.63, 3.8) is 0 Å². The van der Waals surface area contributed by atoms with Gasteiger partial charge in [-0.05, 0) is 12.1 Å². The van der Waals surface area contributed by atoms with Gasteiger partial charge in [0.25, 0.3) is 10.0 Å². The lowest BCUT2D eigenvalue weighted by Crippen LogP contribution is -2.11. The second-order valence-corrected chi connectivity index (χ2v) is 4.79. The Kier molecular flexibility index (Phi) is 1.94. The van der Waals surface area contributed by atoms with Crippen LogP contribution in [0.2, 0.25) is 0 Å². The van der Waals surface area contributed by atoms with Crippen LogP contribution in [0, 0.1) is 6.57 Å². The van der Waals surface area contributed by atoms with Crippen molar-refractivity contribution in [3.05, 3.63) is 29.6 Å². The predicted molar refractivity (Wildman–Crippen MR) is 54.0 cm³/mol. The quantitative estimate of drug-likeness (QED) is 0.669. The molecule has 0 radical (unpaired) electrons. The highest BCUT2D eigenvalue weighted by atomic mass is 32.2. The standard InChI is InChI=1S/C8H6N4O2S/c1-9-6-3-4-7-8(5-6)12(11-10-7)15(2,13)14/h3-5H,2H3. The van der Waals surface area contributed by atoms with Crippen molar-refractivity contribution in [1.29, 1.82) is 0 Å². The minimum Gasteiger partial charge on any atom is -0.238 e. The smallest absolute Gasteiger partial charge is 0.238 e. The Morgan fingerprint density at radius 2 is 2.20 bits per heavy atom. The Morgan fingerprint density at radius 3 is 2.80 bits per heavy atom. The van der Waals surface area contributed by atoms with Gasteiger partial charge in [0, 0.05) is 0 Å². The summed E-state index contributed by atoms with van der Waals surface area (Å²) in [5.41, 5.74) is 1.13. The highest BCUT2D eigenvalue weighted by Crippen LogP contribution is 2.19. The topological polar surface area (TPSA) is 69.2 Å². The Hall–Kier alpha value is -1.94. The van der Waals surface area contributed by atoms with Gasteiger partial charge in [-0.2, -0.15) is 0 Å². The van der Waals surface area contributed by atoms with Crippen LogP contribution in [0.25, 0.3) is 15.9 Å². The lowest BCUT2D eigenvalue weighted by molar-refractivity contribution is 0.586. The zero-order chi connectivity index (χ0) is 11.1. The first-order valence-electron chi connectivity index (χ1n) is 3.96. The molecule has 1 heterocycles. The van der Waals surface area contributed by atoms with Crippen LogP contribution in [-0.2, 0) is 10.0 Å². The maximum Gasteiger partial charge on any atom is 0.252 e. The van der Waals surface area contributed by atoms with Crippen molar-refractivity contribution in [1.82, 2.24) is 14.4 Å². The highest BCUT2D eigenvalue weighted by Gasteiger charge is 2.12. The van der Waals surface area contributed by atoms with E-state index in [-0.39, 0.29) is 0 Å². The van der Waals surface area contributed by atoms with Crippen molar-refractivity contribution in [3.8, 4) is 0 Å². The van der Waals surface area contributed by atoms with Gasteiger partial charge in [0.05, 0.1) is 18.3 Å². The van der Waals surface area contributed by atoms with Gasteiger partial charge in [0.1, 0.15) is 5.52 Å². The summed E-state index contributed by atoms with van der Waals surface area (Å²) in [5, 5.41) is 7.21. The molecule has 76 valence electrons. The minimum atomic E-state index is -3.47. The maximum atomic E-state index is 11.3. The van der Waals surface area contributed by atoms with Gasteiger partial charge in [-0.25, -0.2) is 13.3 Å². The van der Waals surface area contributed by atoms with Gasteiger partial charge in [-0.1, -0.05) is 11.3 Å². The number of aromatic nitrogens is 3. The molecule has 0 N–H and O–H groups in total. The number of benzene rings is 1. The maximum absolute atomic E-state index is 11.3. The molecule has 2 rings (SSSR count). The van der Waals surface area contributed by atoms with E-state index in [1.165, 1.54) is 6.07 Å². The number of hydrogen-bond acceptors (Lipinski definition) is 4. The number of rotatable bonds is 1. The van der Waals surface area contributed by atoms with E-state index in [0.29, 0.717) is 16.7 Å². The van der Waals surface area contributed by atoms with Crippen LogP contribution >= 0.6 is 0 Å². The Morgan fingerprint density at radius 1 is 1.47 bits per heavy atom. The monoisotopic (exact) mass is 222 g/mol. The van der Waals surface area contributed by atoms with Crippen LogP contribution in [0.3, 0.4) is 0 Å². The van der Waals surface area contributed by atoms with Gasteiger partial charge < -0.3 is 0 Å². The van der Waals surface area contributed by atoms with E-state index >= 15 is 0 Å². The molecule has 0 saturated carbocycles. The molecule has 0 aliphatic heterocycles. The fourth-order valence-corrected chi connectivity index (χ4v) is 1.87. The first-order valence-corrected chi connectivity index (χ1v) is 5.80. The molecule has 0 spiro atoms. The van der Waals surface area contributed by atoms with Gasteiger partial charge in [-0.3, -0.25) is 0 Å². The summed E-state index contributed by atoms with van der Waals surface area (Å²) in [6, 6.07) is 4.58. The van der Waals surface area contributed by atoms with E-state index in [1.807, 2.05) is 0 Å². The normalized spacial score (nSPS) is 11.5. The highest BCUT2D eigenvalue weighted by molar-refractivity contribution is 7.89. The molecule has 0 bridgehead atoms. The van der Waals surface area contributed by atoms with Gasteiger partial charge in [0.15, 0.2) is 5.69 Å². The zero-order valence-corrected chi connectivity index (χ0v) is 8.56. The first kappa shape index (κ1) is 9.61. The van der Waals surface area contributed by atoms with Crippen LogP contribution in [0.1, 0.15) is 0 Å². The second-order valence-electron chi connectivity index (χ2n) is 2.98. The van der Waals surface area contributed by atoms with Gasteiger partial charge >= 0.3 is 0 Å². The van der Waals surface area contributed by atoms with Crippen molar-refractivity contribution >= 4 is 26.7 Å². The molecule has 0 saturated heterocycles. The molecule has 0 atom stereocenters. The second kappa shape index (κ2) is 3.03. The van der Waals surface area contributed by atoms with Crippen LogP contribution in [-0.4, -0.2) is 29.1 Å². The first-order chi connectivity index (χ1) is 7.02. The average Bonchev–Trinajstić information content (AvgIpc) is 2.59. The molecule has 0 aliphatic carbocycles. The molecule has 7 heteroatoms. The van der Waals surface area contributed by atoms with Gasteiger partial charge in [-0.15, -0.1) is 9.19 Å². The third-order valence-corrected chi connectivity index (χ3v) is 2.74. The minimum absolute atomic E-state index is 0.325. The van der Waals surface area contributed by atoms with E-state index in [1.54, 1.807) is 12.1 Å². The summed E-state index contributed by atoms with van der Waals surface area (Å²) >= 11 is 0. The summed E-state index contributed by atoms with van der Waals surface area (Å²) in [7, 11) is -3.47. The summed E-state index contributed by atoms with van der Waals surface area (Å²) in [6.45, 7) is 6.82. The largest absolute Gasteiger partial charge is 0.252 e. The SMILES string of the molecule is [C-]#[N+]c1ccc2nnn(S(C)(=O)=O)c2c1. The molecule has 2 aromatic rings. The molecule has 0 fully saturated rings. The molecule has 0 aliphatic rings. The Bertz CT molecular complexity index is 665. The third kappa shape index (κ3) is 1.55. The van der Waals surface area contributed by atoms with Crippen molar-refractivity contribution < 1.29 is 8.42 Å². The van der Waals surface area contributed by atoms with E-state index in [9.17, 15) is 8.42 Å². The number of nitrogens with zero attached hydrogens (tertiary/aromatic N) is 4. The molecule has 0 amide bonds. The predicted octanol–water partition coefficient (Wildman–Crippen LogP) is 0.790. The van der Waals surface area contributed by atoms with Crippen molar-refractivity contribution in [2.75, 3.05) is 6.26 Å². The molecule has 6 nitrogen and oxygen atoms in total. The lowest BCUT2D eigenvalue weighted by Gasteiger charge is -1.97. The number of fused-ring (bicyclic) bond motifs is 1. The summed E-state index contributed by atoms with van der Waals surface area (Å²) in [5.74, 6) is 0. The zero-order valence-electron chi connectivity index (χ0n) is 7.75. The fraction of sp³-hybridized carbons (Fsp3) is 0.125. The Balaban J connectivity index is 2.85. The van der Waals surface area contributed by atoms with Crippen LogP contribution in [0.4, 0.5) is 5.69 Å². The lowest BCUT2D eigenvalue weighted by atomic mass is 10.3. The summed E-state index contributed by atoms with van der Waals surface area (Å²) < 4.78 is 23.4.